The monoisotopic (exact) mass is 142 g/mol. The van der Waals surface area contributed by atoms with Crippen molar-refractivity contribution in [3.63, 3.8) is 0 Å². The molecule has 1 radical (unpaired) electrons. The summed E-state index contributed by atoms with van der Waals surface area (Å²) in [6.07, 6.45) is 0. The molecule has 0 spiro atoms. The van der Waals surface area contributed by atoms with Crippen LogP contribution in [0.15, 0.2) is 6.07 Å². The standard InChI is InChI=1S/C5H5ClN3/c1-3-2-4(6)8-9-5(3)7/h2H,1H2,(H2,7,9). The third-order valence-electron chi connectivity index (χ3n) is 0.876. The van der Waals surface area contributed by atoms with E-state index in [1.165, 1.54) is 0 Å². The van der Waals surface area contributed by atoms with Gasteiger partial charge in [-0.3, -0.25) is 0 Å². The number of aromatic nitrogens is 2. The number of anilines is 1. The van der Waals surface area contributed by atoms with Gasteiger partial charge >= 0.3 is 0 Å². The molecule has 2 N–H and O–H groups in total. The molecular formula is C5H5ClN3. The maximum absolute atomic E-state index is 5.45. The molecule has 0 aliphatic heterocycles. The fourth-order valence-electron chi connectivity index (χ4n) is 0.412. The Labute approximate surface area is 57.8 Å². The Kier molecular flexibility index (Phi) is 1.53. The van der Waals surface area contributed by atoms with E-state index in [0.29, 0.717) is 16.5 Å². The van der Waals surface area contributed by atoms with Gasteiger partial charge in [0.15, 0.2) is 5.15 Å². The Morgan fingerprint density at radius 2 is 2.22 bits per heavy atom. The van der Waals surface area contributed by atoms with E-state index >= 15 is 0 Å². The van der Waals surface area contributed by atoms with Crippen molar-refractivity contribution in [1.29, 1.82) is 0 Å². The first-order chi connectivity index (χ1) is 4.20. The summed E-state index contributed by atoms with van der Waals surface area (Å²) in [6, 6.07) is 1.56. The van der Waals surface area contributed by atoms with Crippen LogP contribution in [-0.2, 0) is 0 Å². The quantitative estimate of drug-likeness (QED) is 0.586. The second kappa shape index (κ2) is 2.19. The van der Waals surface area contributed by atoms with Crippen molar-refractivity contribution in [3.05, 3.63) is 23.7 Å². The molecule has 1 rings (SSSR count). The van der Waals surface area contributed by atoms with Crippen LogP contribution >= 0.6 is 11.6 Å². The molecule has 0 aromatic carbocycles. The molecule has 0 saturated carbocycles. The van der Waals surface area contributed by atoms with Crippen molar-refractivity contribution in [1.82, 2.24) is 10.2 Å². The molecule has 0 atom stereocenters. The molecule has 1 aromatic heterocycles. The van der Waals surface area contributed by atoms with E-state index in [2.05, 4.69) is 17.1 Å². The SMILES string of the molecule is [CH2]c1cc(Cl)nnc1N. The first-order valence-corrected chi connectivity index (χ1v) is 2.68. The minimum absolute atomic E-state index is 0.314. The van der Waals surface area contributed by atoms with Crippen molar-refractivity contribution in [3.8, 4) is 0 Å². The zero-order valence-electron chi connectivity index (χ0n) is 4.63. The van der Waals surface area contributed by atoms with Gasteiger partial charge in [0.2, 0.25) is 0 Å². The highest BCUT2D eigenvalue weighted by Crippen LogP contribution is 2.09. The Bertz CT molecular complexity index is 223. The summed E-state index contributed by atoms with van der Waals surface area (Å²) < 4.78 is 0. The van der Waals surface area contributed by atoms with Crippen molar-refractivity contribution < 1.29 is 0 Å². The van der Waals surface area contributed by atoms with Gasteiger partial charge < -0.3 is 5.73 Å². The second-order valence-electron chi connectivity index (χ2n) is 1.58. The first kappa shape index (κ1) is 6.29. The van der Waals surface area contributed by atoms with E-state index in [9.17, 15) is 0 Å². The largest absolute Gasteiger partial charge is 0.382 e. The van der Waals surface area contributed by atoms with E-state index in [0.717, 1.165) is 0 Å². The van der Waals surface area contributed by atoms with Crippen LogP contribution in [0.4, 0.5) is 5.82 Å². The number of halogens is 1. The number of nitrogens with zero attached hydrogens (tertiary/aromatic N) is 2. The molecule has 4 heteroatoms. The smallest absolute Gasteiger partial charge is 0.152 e. The summed E-state index contributed by atoms with van der Waals surface area (Å²) in [6.45, 7) is 3.57. The minimum atomic E-state index is 0.314. The molecular weight excluding hydrogens is 138 g/mol. The Morgan fingerprint density at radius 1 is 1.56 bits per heavy atom. The van der Waals surface area contributed by atoms with Gasteiger partial charge in [-0.1, -0.05) is 11.6 Å². The highest BCUT2D eigenvalue weighted by atomic mass is 35.5. The molecule has 0 aliphatic carbocycles. The zero-order chi connectivity index (χ0) is 6.85. The van der Waals surface area contributed by atoms with Crippen LogP contribution in [0.25, 0.3) is 0 Å². The summed E-state index contributed by atoms with van der Waals surface area (Å²) in [5, 5.41) is 7.32. The molecule has 0 bridgehead atoms. The lowest BCUT2D eigenvalue weighted by molar-refractivity contribution is 1.04. The molecule has 1 heterocycles. The third kappa shape index (κ3) is 1.29. The maximum Gasteiger partial charge on any atom is 0.152 e. The van der Waals surface area contributed by atoms with Crippen LogP contribution in [0.2, 0.25) is 5.15 Å². The van der Waals surface area contributed by atoms with E-state index in [-0.39, 0.29) is 0 Å². The van der Waals surface area contributed by atoms with Crippen LogP contribution in [0.3, 0.4) is 0 Å². The van der Waals surface area contributed by atoms with Gasteiger partial charge in [0, 0.05) is 0 Å². The van der Waals surface area contributed by atoms with Crippen LogP contribution in [-0.4, -0.2) is 10.2 Å². The molecule has 0 saturated heterocycles. The van der Waals surface area contributed by atoms with Gasteiger partial charge in [0.05, 0.1) is 0 Å². The van der Waals surface area contributed by atoms with E-state index in [1.807, 2.05) is 0 Å². The molecule has 3 nitrogen and oxygen atoms in total. The van der Waals surface area contributed by atoms with E-state index in [4.69, 9.17) is 17.3 Å². The molecule has 1 aromatic rings. The van der Waals surface area contributed by atoms with Crippen molar-refractivity contribution in [2.24, 2.45) is 0 Å². The lowest BCUT2D eigenvalue weighted by atomic mass is 10.3. The van der Waals surface area contributed by atoms with Crippen molar-refractivity contribution in [2.75, 3.05) is 5.73 Å². The first-order valence-electron chi connectivity index (χ1n) is 2.31. The number of hydrogen-bond donors (Lipinski definition) is 1. The highest BCUT2D eigenvalue weighted by Gasteiger charge is 1.94. The Morgan fingerprint density at radius 3 is 2.67 bits per heavy atom. The number of rotatable bonds is 0. The second-order valence-corrected chi connectivity index (χ2v) is 1.96. The Hall–Kier alpha value is -0.830. The average Bonchev–Trinajstić information content (AvgIpc) is 1.80. The molecule has 0 aliphatic rings. The van der Waals surface area contributed by atoms with Gasteiger partial charge in [-0.2, -0.15) is 0 Å². The number of hydrogen-bond acceptors (Lipinski definition) is 3. The molecule has 9 heavy (non-hydrogen) atoms. The van der Waals surface area contributed by atoms with Crippen molar-refractivity contribution in [2.45, 2.75) is 0 Å². The molecule has 47 valence electrons. The topological polar surface area (TPSA) is 51.8 Å². The van der Waals surface area contributed by atoms with Crippen LogP contribution in [0.5, 0.6) is 0 Å². The third-order valence-corrected chi connectivity index (χ3v) is 1.06. The summed E-state index contributed by atoms with van der Waals surface area (Å²) in [5.74, 6) is 0.319. The molecule has 0 unspecified atom stereocenters. The summed E-state index contributed by atoms with van der Waals surface area (Å²) in [4.78, 5) is 0. The predicted octanol–water partition coefficient (Wildman–Crippen LogP) is 0.894. The van der Waals surface area contributed by atoms with Gasteiger partial charge in [0.25, 0.3) is 0 Å². The van der Waals surface area contributed by atoms with Gasteiger partial charge in [-0.15, -0.1) is 10.2 Å². The fourth-order valence-corrected chi connectivity index (χ4v) is 0.582. The Balaban J connectivity index is 3.17. The maximum atomic E-state index is 5.45. The lowest BCUT2D eigenvalue weighted by Crippen LogP contribution is -1.95. The molecule has 0 fully saturated rings. The highest BCUT2D eigenvalue weighted by molar-refractivity contribution is 6.29. The summed E-state index contributed by atoms with van der Waals surface area (Å²) in [5.41, 5.74) is 5.90. The summed E-state index contributed by atoms with van der Waals surface area (Å²) in [7, 11) is 0. The fraction of sp³-hybridized carbons (Fsp3) is 0. The van der Waals surface area contributed by atoms with E-state index in [1.54, 1.807) is 6.07 Å². The van der Waals surface area contributed by atoms with Crippen LogP contribution < -0.4 is 5.73 Å². The average molecular weight is 143 g/mol. The van der Waals surface area contributed by atoms with Gasteiger partial charge in [-0.05, 0) is 18.6 Å². The number of nitrogen functional groups attached to an aromatic ring is 1. The normalized spacial score (nSPS) is 9.56. The molecule has 0 amide bonds. The summed E-state index contributed by atoms with van der Waals surface area (Å²) >= 11 is 5.45. The zero-order valence-corrected chi connectivity index (χ0v) is 5.39. The van der Waals surface area contributed by atoms with Crippen molar-refractivity contribution >= 4 is 17.4 Å². The predicted molar refractivity (Wildman–Crippen MR) is 35.9 cm³/mol. The van der Waals surface area contributed by atoms with E-state index < -0.39 is 0 Å². The lowest BCUT2D eigenvalue weighted by Gasteiger charge is -1.94. The minimum Gasteiger partial charge on any atom is -0.382 e. The van der Waals surface area contributed by atoms with Crippen LogP contribution in [0.1, 0.15) is 5.56 Å². The van der Waals surface area contributed by atoms with Gasteiger partial charge in [0.1, 0.15) is 5.82 Å². The van der Waals surface area contributed by atoms with Crippen LogP contribution in [0, 0.1) is 6.92 Å². The van der Waals surface area contributed by atoms with Gasteiger partial charge in [-0.25, -0.2) is 0 Å². The number of nitrogens with two attached hydrogens (primary N) is 1.